The minimum atomic E-state index is -0.311. The van der Waals surface area contributed by atoms with E-state index in [0.717, 1.165) is 50.3 Å². The topological polar surface area (TPSA) is 45.0 Å². The monoisotopic (exact) mass is 272 g/mol. The number of nitrogens with one attached hydrogen (secondary N) is 1. The molecule has 0 unspecified atom stereocenters. The van der Waals surface area contributed by atoms with E-state index in [2.05, 4.69) is 24.4 Å². The first-order valence-electron chi connectivity index (χ1n) is 7.47. The second kappa shape index (κ2) is 6.76. The first kappa shape index (κ1) is 14.9. The molecular weight excluding hydrogens is 248 g/mol. The molecule has 0 atom stereocenters. The second-order valence-corrected chi connectivity index (χ2v) is 5.87. The van der Waals surface area contributed by atoms with Gasteiger partial charge in [-0.25, -0.2) is 0 Å². The number of hydrogen-bond acceptors (Lipinski definition) is 3. The zero-order valence-corrected chi connectivity index (χ0v) is 12.5. The van der Waals surface area contributed by atoms with Crippen LogP contribution in [0.2, 0.25) is 0 Å². The predicted octanol–water partition coefficient (Wildman–Crippen LogP) is 3.30. The minimum absolute atomic E-state index is 0.311. The molecule has 1 aromatic carbocycles. The highest BCUT2D eigenvalue weighted by molar-refractivity contribution is 5.33. The highest BCUT2D eigenvalue weighted by Crippen LogP contribution is 2.31. The van der Waals surface area contributed by atoms with Gasteiger partial charge in [-0.3, -0.25) is 5.32 Å². The summed E-state index contributed by atoms with van der Waals surface area (Å²) in [6.45, 7) is 3.10. The third-order valence-corrected chi connectivity index (χ3v) is 4.39. The van der Waals surface area contributed by atoms with Crippen molar-refractivity contribution in [2.75, 3.05) is 13.7 Å². The van der Waals surface area contributed by atoms with E-state index in [4.69, 9.17) is 4.74 Å². The lowest BCUT2D eigenvalue weighted by atomic mass is 9.78. The van der Waals surface area contributed by atoms with Crippen molar-refractivity contribution in [1.82, 2.24) is 5.32 Å². The molecule has 0 aromatic heterocycles. The van der Waals surface area contributed by atoms with Gasteiger partial charge >= 0.3 is 0 Å². The molecule has 3 nitrogen and oxygen atoms in total. The van der Waals surface area contributed by atoms with Gasteiger partial charge in [0.15, 0.2) is 0 Å². The summed E-state index contributed by atoms with van der Waals surface area (Å²) in [5.41, 5.74) is 0.883. The molecule has 1 fully saturated rings. The highest BCUT2D eigenvalue weighted by atomic mass is 16.5. The third-order valence-electron chi connectivity index (χ3n) is 4.39. The Bertz CT molecular complexity index is 470. The summed E-state index contributed by atoms with van der Waals surface area (Å²) in [5, 5.41) is 13.0. The molecule has 108 valence electrons. The Labute approximate surface area is 121 Å². The largest absolute Gasteiger partial charge is 0.496 e. The number of para-hydroxylation sites is 1. The average Bonchev–Trinajstić information content (AvgIpc) is 2.50. The van der Waals surface area contributed by atoms with Gasteiger partial charge in [-0.15, -0.1) is 0 Å². The molecule has 1 saturated carbocycles. The lowest BCUT2D eigenvalue weighted by Crippen LogP contribution is -2.47. The van der Waals surface area contributed by atoms with Gasteiger partial charge in [0.05, 0.1) is 13.2 Å². The van der Waals surface area contributed by atoms with E-state index < -0.39 is 0 Å². The molecule has 0 spiro atoms. The predicted molar refractivity (Wildman–Crippen MR) is 80.7 cm³/mol. The third kappa shape index (κ3) is 3.52. The van der Waals surface area contributed by atoms with Crippen molar-refractivity contribution in [3.8, 4) is 11.8 Å². The molecule has 0 bridgehead atoms. The van der Waals surface area contributed by atoms with Gasteiger partial charge in [0, 0.05) is 6.54 Å². The van der Waals surface area contributed by atoms with E-state index in [9.17, 15) is 5.26 Å². The number of hydrogen-bond donors (Lipinski definition) is 1. The van der Waals surface area contributed by atoms with Gasteiger partial charge < -0.3 is 4.74 Å². The van der Waals surface area contributed by atoms with Crippen LogP contribution in [0.1, 0.15) is 38.2 Å². The van der Waals surface area contributed by atoms with Crippen LogP contribution < -0.4 is 10.1 Å². The van der Waals surface area contributed by atoms with Crippen LogP contribution in [0.4, 0.5) is 0 Å². The molecule has 1 aliphatic rings. The molecule has 0 radical (unpaired) electrons. The molecular formula is C17H24N2O. The van der Waals surface area contributed by atoms with Crippen molar-refractivity contribution < 1.29 is 4.74 Å². The van der Waals surface area contributed by atoms with Crippen molar-refractivity contribution >= 4 is 0 Å². The van der Waals surface area contributed by atoms with Crippen LogP contribution >= 0.6 is 0 Å². The van der Waals surface area contributed by atoms with Crippen LogP contribution in [0.15, 0.2) is 24.3 Å². The lowest BCUT2D eigenvalue weighted by Gasteiger charge is -2.34. The fourth-order valence-electron chi connectivity index (χ4n) is 2.93. The molecule has 1 aromatic rings. The number of nitriles is 1. The van der Waals surface area contributed by atoms with Crippen LogP contribution in [0.25, 0.3) is 0 Å². The van der Waals surface area contributed by atoms with Gasteiger partial charge in [-0.2, -0.15) is 5.26 Å². The maximum absolute atomic E-state index is 9.49. The highest BCUT2D eigenvalue weighted by Gasteiger charge is 2.33. The lowest BCUT2D eigenvalue weighted by molar-refractivity contribution is 0.250. The van der Waals surface area contributed by atoms with Crippen molar-refractivity contribution in [3.63, 3.8) is 0 Å². The molecule has 1 N–H and O–H groups in total. The smallest absolute Gasteiger partial charge is 0.122 e. The molecule has 3 heteroatoms. The number of benzene rings is 1. The van der Waals surface area contributed by atoms with Crippen LogP contribution in [-0.4, -0.2) is 19.2 Å². The van der Waals surface area contributed by atoms with Gasteiger partial charge in [0.25, 0.3) is 0 Å². The van der Waals surface area contributed by atoms with Crippen LogP contribution in [0.5, 0.6) is 5.75 Å². The number of nitrogens with zero attached hydrogens (tertiary/aromatic N) is 1. The van der Waals surface area contributed by atoms with Gasteiger partial charge in [-0.05, 0) is 49.7 Å². The summed E-state index contributed by atoms with van der Waals surface area (Å²) in [6, 6.07) is 10.6. The van der Waals surface area contributed by atoms with E-state index in [1.165, 1.54) is 5.56 Å². The maximum Gasteiger partial charge on any atom is 0.122 e. The normalized spacial score (nSPS) is 25.9. The van der Waals surface area contributed by atoms with Crippen molar-refractivity contribution in [1.29, 1.82) is 5.26 Å². The standard InChI is InChI=1S/C17H24N2O/c1-14-7-10-17(13-18,11-8-14)19-12-9-15-5-3-4-6-16(15)20-2/h3-6,14,19H,7-12H2,1-2H3. The molecule has 0 aliphatic heterocycles. The van der Waals surface area contributed by atoms with E-state index in [0.29, 0.717) is 0 Å². The van der Waals surface area contributed by atoms with Gasteiger partial charge in [-0.1, -0.05) is 25.1 Å². The van der Waals surface area contributed by atoms with Gasteiger partial charge in [0.1, 0.15) is 11.3 Å². The number of ether oxygens (including phenoxy) is 1. The first-order valence-corrected chi connectivity index (χ1v) is 7.47. The van der Waals surface area contributed by atoms with Crippen molar-refractivity contribution in [3.05, 3.63) is 29.8 Å². The van der Waals surface area contributed by atoms with Crippen LogP contribution in [0, 0.1) is 17.2 Å². The molecule has 0 saturated heterocycles. The Morgan fingerprint density at radius 3 is 2.70 bits per heavy atom. The summed E-state index contributed by atoms with van der Waals surface area (Å²) < 4.78 is 5.36. The molecule has 0 heterocycles. The SMILES string of the molecule is COc1ccccc1CCNC1(C#N)CCC(C)CC1. The Morgan fingerprint density at radius 1 is 1.35 bits per heavy atom. The Balaban J connectivity index is 1.90. The van der Waals surface area contributed by atoms with Gasteiger partial charge in [0.2, 0.25) is 0 Å². The minimum Gasteiger partial charge on any atom is -0.496 e. The maximum atomic E-state index is 9.49. The summed E-state index contributed by atoms with van der Waals surface area (Å²) in [7, 11) is 1.70. The zero-order valence-electron chi connectivity index (χ0n) is 12.5. The summed E-state index contributed by atoms with van der Waals surface area (Å²) in [4.78, 5) is 0. The molecule has 0 amide bonds. The van der Waals surface area contributed by atoms with Crippen LogP contribution in [-0.2, 0) is 6.42 Å². The average molecular weight is 272 g/mol. The zero-order chi connectivity index (χ0) is 14.4. The Morgan fingerprint density at radius 2 is 2.05 bits per heavy atom. The summed E-state index contributed by atoms with van der Waals surface area (Å²) in [6.07, 6.45) is 5.13. The molecule has 20 heavy (non-hydrogen) atoms. The Hall–Kier alpha value is -1.53. The van der Waals surface area contributed by atoms with Crippen LogP contribution in [0.3, 0.4) is 0 Å². The van der Waals surface area contributed by atoms with E-state index in [-0.39, 0.29) is 5.54 Å². The fraction of sp³-hybridized carbons (Fsp3) is 0.588. The first-order chi connectivity index (χ1) is 9.69. The van der Waals surface area contributed by atoms with E-state index in [1.807, 2.05) is 18.2 Å². The van der Waals surface area contributed by atoms with Crippen molar-refractivity contribution in [2.45, 2.75) is 44.6 Å². The van der Waals surface area contributed by atoms with E-state index >= 15 is 0 Å². The Kier molecular flexibility index (Phi) is 5.03. The quantitative estimate of drug-likeness (QED) is 0.894. The van der Waals surface area contributed by atoms with Crippen molar-refractivity contribution in [2.24, 2.45) is 5.92 Å². The summed E-state index contributed by atoms with van der Waals surface area (Å²) >= 11 is 0. The second-order valence-electron chi connectivity index (χ2n) is 5.87. The summed E-state index contributed by atoms with van der Waals surface area (Å²) in [5.74, 6) is 1.69. The number of rotatable bonds is 5. The molecule has 2 rings (SSSR count). The molecule has 1 aliphatic carbocycles. The number of methoxy groups -OCH3 is 1. The fourth-order valence-corrected chi connectivity index (χ4v) is 2.93. The van der Waals surface area contributed by atoms with E-state index in [1.54, 1.807) is 7.11 Å².